The van der Waals surface area contributed by atoms with E-state index in [1.807, 2.05) is 0 Å². The van der Waals surface area contributed by atoms with Crippen LogP contribution in [0.25, 0.3) is 0 Å². The lowest BCUT2D eigenvalue weighted by Crippen LogP contribution is -2.36. The molecule has 0 unspecified atom stereocenters. The topological polar surface area (TPSA) is 55.4 Å². The Labute approximate surface area is 122 Å². The molecule has 0 aromatic heterocycles. The van der Waals surface area contributed by atoms with Gasteiger partial charge in [-0.3, -0.25) is 9.59 Å². The van der Waals surface area contributed by atoms with Crippen LogP contribution < -0.4 is 5.32 Å². The van der Waals surface area contributed by atoms with Crippen LogP contribution in [0.1, 0.15) is 45.4 Å². The first kappa shape index (κ1) is 17.8. The normalized spacial score (nSPS) is 22.7. The maximum Gasteiger partial charge on any atom is 0.391 e. The van der Waals surface area contributed by atoms with E-state index in [0.29, 0.717) is 19.6 Å². The van der Waals surface area contributed by atoms with E-state index >= 15 is 0 Å². The van der Waals surface area contributed by atoms with Gasteiger partial charge in [0, 0.05) is 18.9 Å². The highest BCUT2D eigenvalue weighted by atomic mass is 19.4. The van der Waals surface area contributed by atoms with Crippen molar-refractivity contribution in [3.63, 3.8) is 0 Å². The van der Waals surface area contributed by atoms with Crippen LogP contribution in [0.2, 0.25) is 0 Å². The molecule has 1 rings (SSSR count). The second kappa shape index (κ2) is 8.24. The third-order valence-corrected chi connectivity index (χ3v) is 3.72. The van der Waals surface area contributed by atoms with E-state index in [1.165, 1.54) is 0 Å². The smallest absolute Gasteiger partial charge is 0.391 e. The molecule has 4 nitrogen and oxygen atoms in total. The van der Waals surface area contributed by atoms with Crippen molar-refractivity contribution >= 4 is 11.9 Å². The summed E-state index contributed by atoms with van der Waals surface area (Å²) in [4.78, 5) is 22.9. The van der Waals surface area contributed by atoms with Crippen LogP contribution in [0, 0.1) is 11.8 Å². The number of carbonyl (C=O) groups is 2. The lowest BCUT2D eigenvalue weighted by molar-refractivity contribution is -0.184. The summed E-state index contributed by atoms with van der Waals surface area (Å²) < 4.78 is 42.3. The number of nitrogens with one attached hydrogen (secondary N) is 1. The summed E-state index contributed by atoms with van der Waals surface area (Å²) in [5, 5.41) is 2.68. The summed E-state index contributed by atoms with van der Waals surface area (Å²) >= 11 is 0. The van der Waals surface area contributed by atoms with Crippen molar-refractivity contribution in [2.24, 2.45) is 11.8 Å². The fraction of sp³-hybridized carbons (Fsp3) is 0.857. The summed E-state index contributed by atoms with van der Waals surface area (Å²) in [5.74, 6) is -2.13. The molecular formula is C14H22F3NO3. The lowest BCUT2D eigenvalue weighted by Gasteiger charge is -2.29. The molecule has 0 aliphatic heterocycles. The zero-order chi connectivity index (χ0) is 15.9. The number of carbonyl (C=O) groups excluding carboxylic acids is 2. The Morgan fingerprint density at radius 3 is 2.33 bits per heavy atom. The molecule has 0 heterocycles. The molecule has 0 saturated heterocycles. The van der Waals surface area contributed by atoms with Crippen molar-refractivity contribution in [3.8, 4) is 0 Å². The Morgan fingerprint density at radius 2 is 1.81 bits per heavy atom. The maximum absolute atomic E-state index is 12.5. The third kappa shape index (κ3) is 6.35. The number of amides is 1. The van der Waals surface area contributed by atoms with Gasteiger partial charge in [-0.25, -0.2) is 0 Å². The predicted molar refractivity (Wildman–Crippen MR) is 70.4 cm³/mol. The van der Waals surface area contributed by atoms with E-state index in [0.717, 1.165) is 0 Å². The summed E-state index contributed by atoms with van der Waals surface area (Å²) in [6.45, 7) is 2.39. The summed E-state index contributed by atoms with van der Waals surface area (Å²) in [5.41, 5.74) is 0. The van der Waals surface area contributed by atoms with Crippen LogP contribution in [0.5, 0.6) is 0 Å². The van der Waals surface area contributed by atoms with E-state index in [9.17, 15) is 22.8 Å². The average Bonchev–Trinajstić information content (AvgIpc) is 2.43. The molecule has 1 saturated carbocycles. The van der Waals surface area contributed by atoms with Crippen molar-refractivity contribution in [1.82, 2.24) is 5.32 Å². The van der Waals surface area contributed by atoms with Crippen molar-refractivity contribution < 1.29 is 27.5 Å². The van der Waals surface area contributed by atoms with Gasteiger partial charge in [0.05, 0.1) is 12.5 Å². The van der Waals surface area contributed by atoms with Gasteiger partial charge in [-0.2, -0.15) is 13.2 Å². The minimum Gasteiger partial charge on any atom is -0.466 e. The van der Waals surface area contributed by atoms with Crippen LogP contribution in [-0.2, 0) is 14.3 Å². The molecular weight excluding hydrogens is 287 g/mol. The zero-order valence-electron chi connectivity index (χ0n) is 12.2. The molecule has 0 radical (unpaired) electrons. The number of ether oxygens (including phenoxy) is 1. The highest BCUT2D eigenvalue weighted by Crippen LogP contribution is 2.39. The zero-order valence-corrected chi connectivity index (χ0v) is 12.2. The second-order valence-corrected chi connectivity index (χ2v) is 5.29. The summed E-state index contributed by atoms with van der Waals surface area (Å²) in [7, 11) is 0. The van der Waals surface area contributed by atoms with Crippen LogP contribution in [0.3, 0.4) is 0 Å². The standard InChI is InChI=1S/C14H22F3NO3/c1-2-21-12(19)4-3-9-18-13(20)10-5-7-11(8-6-10)14(15,16)17/h10-11H,2-9H2,1H3,(H,18,20). The Balaban J connectivity index is 2.18. The Kier molecular flexibility index (Phi) is 6.98. The number of rotatable bonds is 6. The predicted octanol–water partition coefficient (Wildman–Crippen LogP) is 2.81. The van der Waals surface area contributed by atoms with Gasteiger partial charge in [-0.15, -0.1) is 0 Å². The van der Waals surface area contributed by atoms with Gasteiger partial charge in [0.2, 0.25) is 5.91 Å². The van der Waals surface area contributed by atoms with Crippen molar-refractivity contribution in [3.05, 3.63) is 0 Å². The van der Waals surface area contributed by atoms with Gasteiger partial charge in [0.1, 0.15) is 0 Å². The number of esters is 1. The van der Waals surface area contributed by atoms with Gasteiger partial charge in [0.15, 0.2) is 0 Å². The molecule has 1 aliphatic carbocycles. The highest BCUT2D eigenvalue weighted by Gasteiger charge is 2.42. The molecule has 21 heavy (non-hydrogen) atoms. The van der Waals surface area contributed by atoms with Gasteiger partial charge < -0.3 is 10.1 Å². The fourth-order valence-electron chi connectivity index (χ4n) is 2.50. The fourth-order valence-corrected chi connectivity index (χ4v) is 2.50. The largest absolute Gasteiger partial charge is 0.466 e. The molecule has 0 aromatic rings. The van der Waals surface area contributed by atoms with Crippen LogP contribution in [0.4, 0.5) is 13.2 Å². The van der Waals surface area contributed by atoms with Crippen LogP contribution in [0.15, 0.2) is 0 Å². The molecule has 0 spiro atoms. The van der Waals surface area contributed by atoms with Crippen LogP contribution >= 0.6 is 0 Å². The van der Waals surface area contributed by atoms with Gasteiger partial charge in [0.25, 0.3) is 0 Å². The summed E-state index contributed by atoms with van der Waals surface area (Å²) in [6.07, 6.45) is -2.87. The number of halogens is 3. The monoisotopic (exact) mass is 309 g/mol. The first-order chi connectivity index (χ1) is 9.84. The SMILES string of the molecule is CCOC(=O)CCCNC(=O)C1CCC(C(F)(F)F)CC1. The Bertz CT molecular complexity index is 350. The minimum absolute atomic E-state index is 0.0183. The number of hydrogen-bond donors (Lipinski definition) is 1. The van der Waals surface area contributed by atoms with E-state index < -0.39 is 12.1 Å². The highest BCUT2D eigenvalue weighted by molar-refractivity contribution is 5.78. The molecule has 1 fully saturated rings. The molecule has 1 N–H and O–H groups in total. The quantitative estimate of drug-likeness (QED) is 0.606. The van der Waals surface area contributed by atoms with Crippen molar-refractivity contribution in [2.45, 2.75) is 51.6 Å². The third-order valence-electron chi connectivity index (χ3n) is 3.72. The molecule has 1 aliphatic rings. The first-order valence-electron chi connectivity index (χ1n) is 7.34. The molecule has 7 heteroatoms. The minimum atomic E-state index is -4.15. The maximum atomic E-state index is 12.5. The molecule has 0 atom stereocenters. The molecule has 0 aromatic carbocycles. The average molecular weight is 309 g/mol. The summed E-state index contributed by atoms with van der Waals surface area (Å²) in [6, 6.07) is 0. The van der Waals surface area contributed by atoms with Crippen molar-refractivity contribution in [2.75, 3.05) is 13.2 Å². The van der Waals surface area contributed by atoms with E-state index in [4.69, 9.17) is 4.74 Å². The Morgan fingerprint density at radius 1 is 1.19 bits per heavy atom. The Hall–Kier alpha value is -1.27. The second-order valence-electron chi connectivity index (χ2n) is 5.29. The van der Waals surface area contributed by atoms with Gasteiger partial charge in [-0.05, 0) is 39.0 Å². The van der Waals surface area contributed by atoms with Crippen LogP contribution in [-0.4, -0.2) is 31.2 Å². The van der Waals surface area contributed by atoms with E-state index in [1.54, 1.807) is 6.92 Å². The first-order valence-corrected chi connectivity index (χ1v) is 7.34. The van der Waals surface area contributed by atoms with Gasteiger partial charge >= 0.3 is 12.1 Å². The lowest BCUT2D eigenvalue weighted by atomic mass is 9.81. The van der Waals surface area contributed by atoms with Gasteiger partial charge in [-0.1, -0.05) is 0 Å². The van der Waals surface area contributed by atoms with E-state index in [2.05, 4.69) is 5.32 Å². The molecule has 0 bridgehead atoms. The van der Waals surface area contributed by atoms with Crippen molar-refractivity contribution in [1.29, 1.82) is 0 Å². The van der Waals surface area contributed by atoms with E-state index in [-0.39, 0.29) is 49.9 Å². The molecule has 1 amide bonds. The number of alkyl halides is 3. The number of hydrogen-bond acceptors (Lipinski definition) is 3. The molecule has 122 valence electrons.